The third-order valence-electron chi connectivity index (χ3n) is 4.87. The Hall–Kier alpha value is -2.24. The highest BCUT2D eigenvalue weighted by atomic mass is 35.5. The van der Waals surface area contributed by atoms with Crippen molar-refractivity contribution < 1.29 is 22.8 Å². The summed E-state index contributed by atoms with van der Waals surface area (Å²) in [4.78, 5) is 12.4. The molecule has 2 aromatic rings. The molecule has 1 aliphatic rings. The molecule has 1 saturated heterocycles. The van der Waals surface area contributed by atoms with E-state index in [1.54, 1.807) is 6.07 Å². The van der Waals surface area contributed by atoms with E-state index in [0.717, 1.165) is 11.6 Å². The van der Waals surface area contributed by atoms with Crippen molar-refractivity contribution in [3.63, 3.8) is 0 Å². The van der Waals surface area contributed by atoms with E-state index < -0.39 is 20.6 Å². The molecule has 0 saturated carbocycles. The lowest BCUT2D eigenvalue weighted by Gasteiger charge is -2.35. The summed E-state index contributed by atoms with van der Waals surface area (Å²) >= 11 is 6.37. The smallest absolute Gasteiger partial charge is 0.312 e. The predicted molar refractivity (Wildman–Crippen MR) is 111 cm³/mol. The molecule has 1 aliphatic heterocycles. The van der Waals surface area contributed by atoms with Crippen LogP contribution in [0.3, 0.4) is 0 Å². The molecule has 1 fully saturated rings. The molecule has 0 aromatic heterocycles. The van der Waals surface area contributed by atoms with Crippen LogP contribution in [0, 0.1) is 10.1 Å². The van der Waals surface area contributed by atoms with E-state index in [0.29, 0.717) is 31.3 Å². The Morgan fingerprint density at radius 2 is 1.97 bits per heavy atom. The average Bonchev–Trinajstić information content (AvgIpc) is 2.75. The highest BCUT2D eigenvalue weighted by Gasteiger charge is 2.27. The number of nitro groups is 1. The number of nitrogens with zero attached hydrogens (tertiary/aromatic N) is 2. The largest absolute Gasteiger partial charge is 0.490 e. The van der Waals surface area contributed by atoms with Gasteiger partial charge in [0.05, 0.1) is 30.1 Å². The van der Waals surface area contributed by atoms with Crippen LogP contribution in [-0.4, -0.2) is 58.2 Å². The SMILES string of the molecule is COc1ccc(S(=O)(=O)NCC(c2ccccc2Cl)N2CCOCC2)cc1[N+](=O)[O-]. The van der Waals surface area contributed by atoms with Crippen LogP contribution in [0.5, 0.6) is 5.75 Å². The highest BCUT2D eigenvalue weighted by molar-refractivity contribution is 7.89. The second kappa shape index (κ2) is 9.71. The molecule has 0 bridgehead atoms. The van der Waals surface area contributed by atoms with E-state index in [1.807, 2.05) is 18.2 Å². The normalized spacial score (nSPS) is 16.2. The Morgan fingerprint density at radius 1 is 1.27 bits per heavy atom. The summed E-state index contributed by atoms with van der Waals surface area (Å²) < 4.78 is 38.6. The fraction of sp³-hybridized carbons (Fsp3) is 0.368. The number of benzene rings is 2. The maximum atomic E-state index is 12.9. The van der Waals surface area contributed by atoms with Crippen LogP contribution in [0.15, 0.2) is 47.4 Å². The van der Waals surface area contributed by atoms with Gasteiger partial charge in [0.2, 0.25) is 10.0 Å². The molecule has 1 atom stereocenters. The number of ether oxygens (including phenoxy) is 2. The first-order valence-electron chi connectivity index (χ1n) is 9.22. The topological polar surface area (TPSA) is 111 Å². The molecule has 30 heavy (non-hydrogen) atoms. The lowest BCUT2D eigenvalue weighted by atomic mass is 10.0. The fourth-order valence-electron chi connectivity index (χ4n) is 3.32. The molecule has 0 aliphatic carbocycles. The molecular weight excluding hydrogens is 434 g/mol. The molecule has 1 heterocycles. The number of methoxy groups -OCH3 is 1. The quantitative estimate of drug-likeness (QED) is 0.481. The third-order valence-corrected chi connectivity index (χ3v) is 6.64. The van der Waals surface area contributed by atoms with E-state index >= 15 is 0 Å². The second-order valence-electron chi connectivity index (χ2n) is 6.63. The Kier molecular flexibility index (Phi) is 7.27. The summed E-state index contributed by atoms with van der Waals surface area (Å²) in [6, 6.07) is 10.5. The molecule has 0 spiro atoms. The molecule has 9 nitrogen and oxygen atoms in total. The van der Waals surface area contributed by atoms with Gasteiger partial charge < -0.3 is 9.47 Å². The summed E-state index contributed by atoms with van der Waals surface area (Å²) in [6.07, 6.45) is 0. The Balaban J connectivity index is 1.86. The first-order chi connectivity index (χ1) is 14.3. The first kappa shape index (κ1) is 22.4. The third kappa shape index (κ3) is 5.08. The summed E-state index contributed by atoms with van der Waals surface area (Å²) in [5.41, 5.74) is 0.376. The number of hydrogen-bond donors (Lipinski definition) is 1. The first-order valence-corrected chi connectivity index (χ1v) is 11.1. The van der Waals surface area contributed by atoms with Crippen molar-refractivity contribution in [2.75, 3.05) is 40.0 Å². The van der Waals surface area contributed by atoms with Gasteiger partial charge in [0.1, 0.15) is 0 Å². The van der Waals surface area contributed by atoms with Crippen LogP contribution in [0.4, 0.5) is 5.69 Å². The van der Waals surface area contributed by atoms with E-state index in [-0.39, 0.29) is 23.2 Å². The second-order valence-corrected chi connectivity index (χ2v) is 8.80. The summed E-state index contributed by atoms with van der Waals surface area (Å²) in [7, 11) is -2.72. The van der Waals surface area contributed by atoms with Crippen molar-refractivity contribution in [3.05, 3.63) is 63.2 Å². The number of nitro benzene ring substituents is 1. The van der Waals surface area contributed by atoms with Crippen LogP contribution < -0.4 is 9.46 Å². The van der Waals surface area contributed by atoms with Gasteiger partial charge in [-0.15, -0.1) is 0 Å². The van der Waals surface area contributed by atoms with Gasteiger partial charge in [-0.05, 0) is 23.8 Å². The minimum Gasteiger partial charge on any atom is -0.490 e. The number of rotatable bonds is 8. The van der Waals surface area contributed by atoms with Crippen LogP contribution in [0.25, 0.3) is 0 Å². The number of nitrogens with one attached hydrogen (secondary N) is 1. The number of morpholine rings is 1. The molecule has 0 amide bonds. The number of sulfonamides is 1. The van der Waals surface area contributed by atoms with Crippen molar-refractivity contribution in [3.8, 4) is 5.75 Å². The molecule has 162 valence electrons. The lowest BCUT2D eigenvalue weighted by molar-refractivity contribution is -0.386. The molecule has 1 unspecified atom stereocenters. The standard InChI is InChI=1S/C19H22ClN3O6S/c1-28-19-7-6-14(12-17(19)23(24)25)30(26,27)21-13-18(22-8-10-29-11-9-22)15-4-2-3-5-16(15)20/h2-7,12,18,21H,8-11,13H2,1H3. The Bertz CT molecular complexity index is 1010. The van der Waals surface area contributed by atoms with Gasteiger partial charge in [-0.25, -0.2) is 13.1 Å². The van der Waals surface area contributed by atoms with E-state index in [9.17, 15) is 18.5 Å². The van der Waals surface area contributed by atoms with Crippen molar-refractivity contribution in [2.24, 2.45) is 0 Å². The van der Waals surface area contributed by atoms with Crippen molar-refractivity contribution in [2.45, 2.75) is 10.9 Å². The molecule has 0 radical (unpaired) electrons. The summed E-state index contributed by atoms with van der Waals surface area (Å²) in [6.45, 7) is 2.39. The van der Waals surface area contributed by atoms with Gasteiger partial charge >= 0.3 is 5.69 Å². The zero-order valence-corrected chi connectivity index (χ0v) is 17.9. The summed E-state index contributed by atoms with van der Waals surface area (Å²) in [5.74, 6) is -0.0128. The molecular formula is C19H22ClN3O6S. The van der Waals surface area contributed by atoms with Crippen molar-refractivity contribution >= 4 is 27.3 Å². The molecule has 2 aromatic carbocycles. The van der Waals surface area contributed by atoms with Crippen LogP contribution in [0.2, 0.25) is 5.02 Å². The van der Waals surface area contributed by atoms with Gasteiger partial charge in [0.15, 0.2) is 5.75 Å². The zero-order chi connectivity index (χ0) is 21.7. The van der Waals surface area contributed by atoms with Gasteiger partial charge in [0.25, 0.3) is 0 Å². The molecule has 1 N–H and O–H groups in total. The number of halogens is 1. The van der Waals surface area contributed by atoms with Crippen LogP contribution in [-0.2, 0) is 14.8 Å². The average molecular weight is 456 g/mol. The van der Waals surface area contributed by atoms with Gasteiger partial charge in [0, 0.05) is 36.8 Å². The van der Waals surface area contributed by atoms with Crippen molar-refractivity contribution in [1.82, 2.24) is 9.62 Å². The monoisotopic (exact) mass is 455 g/mol. The van der Waals surface area contributed by atoms with Gasteiger partial charge in [-0.3, -0.25) is 15.0 Å². The van der Waals surface area contributed by atoms with E-state index in [4.69, 9.17) is 21.1 Å². The van der Waals surface area contributed by atoms with Crippen LogP contribution in [0.1, 0.15) is 11.6 Å². The predicted octanol–water partition coefficient (Wildman–Crippen LogP) is 2.61. The Labute approximate surface area is 179 Å². The summed E-state index contributed by atoms with van der Waals surface area (Å²) in [5, 5.41) is 11.8. The van der Waals surface area contributed by atoms with Crippen LogP contribution >= 0.6 is 11.6 Å². The van der Waals surface area contributed by atoms with E-state index in [2.05, 4.69) is 9.62 Å². The minimum atomic E-state index is -4.01. The maximum absolute atomic E-state index is 12.9. The van der Waals surface area contributed by atoms with E-state index in [1.165, 1.54) is 19.2 Å². The number of hydrogen-bond acceptors (Lipinski definition) is 7. The lowest BCUT2D eigenvalue weighted by Crippen LogP contribution is -2.43. The zero-order valence-electron chi connectivity index (χ0n) is 16.3. The van der Waals surface area contributed by atoms with Gasteiger partial charge in [-0.2, -0.15) is 0 Å². The molecule has 11 heteroatoms. The van der Waals surface area contributed by atoms with Crippen molar-refractivity contribution in [1.29, 1.82) is 0 Å². The molecule has 3 rings (SSSR count). The minimum absolute atomic E-state index is 0.0128. The maximum Gasteiger partial charge on any atom is 0.312 e. The fourth-order valence-corrected chi connectivity index (χ4v) is 4.64. The highest BCUT2D eigenvalue weighted by Crippen LogP contribution is 2.31. The Morgan fingerprint density at radius 3 is 2.60 bits per heavy atom. The van der Waals surface area contributed by atoms with Gasteiger partial charge in [-0.1, -0.05) is 29.8 Å².